The van der Waals surface area contributed by atoms with E-state index < -0.39 is 0 Å². The summed E-state index contributed by atoms with van der Waals surface area (Å²) in [5, 5.41) is 8.23. The number of nitrogens with one attached hydrogen (secondary N) is 1. The van der Waals surface area contributed by atoms with Gasteiger partial charge in [-0.2, -0.15) is 5.10 Å². The van der Waals surface area contributed by atoms with Crippen LogP contribution >= 0.6 is 0 Å². The van der Waals surface area contributed by atoms with E-state index in [0.29, 0.717) is 35.4 Å². The van der Waals surface area contributed by atoms with Crippen LogP contribution in [0.15, 0.2) is 61.2 Å². The van der Waals surface area contributed by atoms with Crippen LogP contribution in [0.4, 0.5) is 10.2 Å². The number of rotatable bonds is 6. The summed E-state index contributed by atoms with van der Waals surface area (Å²) in [5.41, 5.74) is 2.79. The summed E-state index contributed by atoms with van der Waals surface area (Å²) in [7, 11) is 0. The Kier molecular flexibility index (Phi) is 6.18. The van der Waals surface area contributed by atoms with Crippen molar-refractivity contribution in [2.45, 2.75) is 19.4 Å². The molecule has 1 N–H and O–H groups in total. The van der Waals surface area contributed by atoms with Crippen molar-refractivity contribution in [2.24, 2.45) is 0 Å². The summed E-state index contributed by atoms with van der Waals surface area (Å²) in [4.78, 5) is 24.3. The van der Waals surface area contributed by atoms with Gasteiger partial charge in [0, 0.05) is 30.9 Å². The van der Waals surface area contributed by atoms with Crippen molar-refractivity contribution < 1.29 is 13.9 Å². The summed E-state index contributed by atoms with van der Waals surface area (Å²) < 4.78 is 20.4. The van der Waals surface area contributed by atoms with Gasteiger partial charge in [-0.25, -0.2) is 14.1 Å². The number of fused-ring (bicyclic) bond motifs is 1. The molecular weight excluding hydrogens is 435 g/mol. The lowest BCUT2D eigenvalue weighted by Gasteiger charge is -2.28. The monoisotopic (exact) mass is 460 g/mol. The number of ether oxygens (including phenoxy) is 1. The first kappa shape index (κ1) is 22.0. The van der Waals surface area contributed by atoms with Crippen molar-refractivity contribution in [1.29, 1.82) is 0 Å². The van der Waals surface area contributed by atoms with Gasteiger partial charge in [-0.15, -0.1) is 0 Å². The van der Waals surface area contributed by atoms with Gasteiger partial charge in [0.25, 0.3) is 5.91 Å². The predicted octanol–water partition coefficient (Wildman–Crippen LogP) is 3.67. The molecule has 1 atom stereocenters. The molecule has 0 bridgehead atoms. The Bertz CT molecular complexity index is 1300. The minimum absolute atomic E-state index is 0.183. The van der Waals surface area contributed by atoms with E-state index in [-0.39, 0.29) is 17.8 Å². The molecule has 0 radical (unpaired) electrons. The van der Waals surface area contributed by atoms with Gasteiger partial charge in [0.15, 0.2) is 0 Å². The van der Waals surface area contributed by atoms with E-state index in [4.69, 9.17) is 4.74 Å². The van der Waals surface area contributed by atoms with E-state index in [1.165, 1.54) is 12.1 Å². The lowest BCUT2D eigenvalue weighted by atomic mass is 10.0. The average Bonchev–Trinajstić information content (AvgIpc) is 3.32. The molecule has 174 valence electrons. The summed E-state index contributed by atoms with van der Waals surface area (Å²) in [5.74, 6) is 0.336. The summed E-state index contributed by atoms with van der Waals surface area (Å²) in [6.07, 6.45) is 7.34. The molecule has 0 unspecified atom stereocenters. The molecule has 34 heavy (non-hydrogen) atoms. The zero-order valence-corrected chi connectivity index (χ0v) is 18.8. The Morgan fingerprint density at radius 1 is 1.15 bits per heavy atom. The van der Waals surface area contributed by atoms with E-state index in [9.17, 15) is 9.18 Å². The summed E-state index contributed by atoms with van der Waals surface area (Å²) in [6, 6.07) is 9.80. The van der Waals surface area contributed by atoms with E-state index in [1.807, 2.05) is 19.1 Å². The highest BCUT2D eigenvalue weighted by Gasteiger charge is 2.20. The number of morpholine rings is 1. The zero-order valence-electron chi connectivity index (χ0n) is 18.8. The number of aromatic nitrogens is 4. The summed E-state index contributed by atoms with van der Waals surface area (Å²) in [6.45, 7) is 4.99. The zero-order chi connectivity index (χ0) is 23.5. The molecule has 9 heteroatoms. The van der Waals surface area contributed by atoms with Crippen LogP contribution in [0.3, 0.4) is 0 Å². The summed E-state index contributed by atoms with van der Waals surface area (Å²) >= 11 is 0. The first-order chi connectivity index (χ1) is 16.6. The number of carbonyl (C=O) groups is 1. The van der Waals surface area contributed by atoms with Crippen LogP contribution in [0.1, 0.15) is 35.3 Å². The van der Waals surface area contributed by atoms with Gasteiger partial charge in [-0.1, -0.05) is 6.92 Å². The van der Waals surface area contributed by atoms with E-state index in [0.717, 1.165) is 30.9 Å². The molecule has 3 aromatic heterocycles. The fraction of sp³-hybridized carbons (Fsp3) is 0.280. The van der Waals surface area contributed by atoms with E-state index >= 15 is 0 Å². The number of benzene rings is 1. The van der Waals surface area contributed by atoms with Gasteiger partial charge in [0.1, 0.15) is 11.6 Å². The Hall–Kier alpha value is -3.85. The van der Waals surface area contributed by atoms with Gasteiger partial charge in [-0.3, -0.25) is 9.78 Å². The smallest absolute Gasteiger partial charge is 0.254 e. The highest BCUT2D eigenvalue weighted by atomic mass is 19.1. The maximum atomic E-state index is 13.3. The molecule has 4 aromatic rings. The van der Waals surface area contributed by atoms with Gasteiger partial charge >= 0.3 is 0 Å². The molecule has 1 saturated heterocycles. The minimum atomic E-state index is -0.322. The molecule has 1 fully saturated rings. The first-order valence-corrected chi connectivity index (χ1v) is 11.3. The number of carbonyl (C=O) groups excluding carboxylic acids is 1. The fourth-order valence-corrected chi connectivity index (χ4v) is 4.18. The predicted molar refractivity (Wildman–Crippen MR) is 127 cm³/mol. The Labute approximate surface area is 196 Å². The molecule has 1 aliphatic rings. The SMILES string of the molecule is CC[C@H](NC(=O)c1cncc2c1cnn2-c1ccc(F)cc1)c1ccnc(N2CCOCC2)c1. The lowest BCUT2D eigenvalue weighted by Crippen LogP contribution is -2.37. The van der Waals surface area contributed by atoms with Crippen LogP contribution in [0.2, 0.25) is 0 Å². The van der Waals surface area contributed by atoms with Crippen molar-refractivity contribution in [2.75, 3.05) is 31.2 Å². The maximum Gasteiger partial charge on any atom is 0.254 e. The van der Waals surface area contributed by atoms with E-state index in [1.54, 1.807) is 41.6 Å². The van der Waals surface area contributed by atoms with Crippen molar-refractivity contribution in [3.05, 3.63) is 78.1 Å². The maximum absolute atomic E-state index is 13.3. The van der Waals surface area contributed by atoms with Gasteiger partial charge < -0.3 is 15.0 Å². The number of hydrogen-bond acceptors (Lipinski definition) is 6. The van der Waals surface area contributed by atoms with Crippen molar-refractivity contribution in [1.82, 2.24) is 25.1 Å². The van der Waals surface area contributed by atoms with Gasteiger partial charge in [0.05, 0.1) is 48.4 Å². The van der Waals surface area contributed by atoms with Crippen molar-refractivity contribution >= 4 is 22.6 Å². The number of halogens is 1. The fourth-order valence-electron chi connectivity index (χ4n) is 4.18. The highest BCUT2D eigenvalue weighted by molar-refractivity contribution is 6.06. The number of nitrogens with zero attached hydrogens (tertiary/aromatic N) is 5. The van der Waals surface area contributed by atoms with Crippen LogP contribution in [0.25, 0.3) is 16.6 Å². The minimum Gasteiger partial charge on any atom is -0.378 e. The van der Waals surface area contributed by atoms with Gasteiger partial charge in [0.2, 0.25) is 0 Å². The average molecular weight is 461 g/mol. The third kappa shape index (κ3) is 4.34. The van der Waals surface area contributed by atoms with Crippen LogP contribution in [0, 0.1) is 5.82 Å². The molecule has 8 nitrogen and oxygen atoms in total. The second-order valence-corrected chi connectivity index (χ2v) is 8.13. The number of pyridine rings is 2. The molecule has 5 rings (SSSR count). The van der Waals surface area contributed by atoms with Crippen LogP contribution in [-0.2, 0) is 4.74 Å². The Morgan fingerprint density at radius 2 is 1.94 bits per heavy atom. The van der Waals surface area contributed by atoms with Gasteiger partial charge in [-0.05, 0) is 48.4 Å². The molecule has 0 saturated carbocycles. The third-order valence-electron chi connectivity index (χ3n) is 6.03. The topological polar surface area (TPSA) is 85.2 Å². The van der Waals surface area contributed by atoms with E-state index in [2.05, 4.69) is 25.3 Å². The Morgan fingerprint density at radius 3 is 2.71 bits per heavy atom. The number of hydrogen-bond donors (Lipinski definition) is 1. The molecule has 1 aromatic carbocycles. The number of amides is 1. The normalized spacial score (nSPS) is 14.8. The molecular formula is C25H25FN6O2. The quantitative estimate of drug-likeness (QED) is 0.473. The van der Waals surface area contributed by atoms with Crippen LogP contribution < -0.4 is 10.2 Å². The standard InChI is InChI=1S/C25H25FN6O2/c1-2-22(17-7-8-28-24(13-17)31-9-11-34-12-10-31)30-25(33)21-14-27-16-23-20(21)15-29-32(23)19-5-3-18(26)4-6-19/h3-8,13-16,22H,2,9-12H2,1H3,(H,30,33)/t22-/m0/s1. The molecule has 1 aliphatic heterocycles. The number of anilines is 1. The second-order valence-electron chi connectivity index (χ2n) is 8.13. The highest BCUT2D eigenvalue weighted by Crippen LogP contribution is 2.24. The first-order valence-electron chi connectivity index (χ1n) is 11.3. The second kappa shape index (κ2) is 9.56. The molecule has 0 aliphatic carbocycles. The van der Waals surface area contributed by atoms with Crippen LogP contribution in [0.5, 0.6) is 0 Å². The third-order valence-corrected chi connectivity index (χ3v) is 6.03. The largest absolute Gasteiger partial charge is 0.378 e. The lowest BCUT2D eigenvalue weighted by molar-refractivity contribution is 0.0937. The molecule has 0 spiro atoms. The molecule has 1 amide bonds. The van der Waals surface area contributed by atoms with Crippen molar-refractivity contribution in [3.8, 4) is 5.69 Å². The van der Waals surface area contributed by atoms with Crippen LogP contribution in [-0.4, -0.2) is 52.0 Å². The van der Waals surface area contributed by atoms with Crippen molar-refractivity contribution in [3.63, 3.8) is 0 Å². The Balaban J connectivity index is 1.40. The molecule has 4 heterocycles.